The number of aromatic amines is 3. The van der Waals surface area contributed by atoms with Gasteiger partial charge < -0.3 is 46.2 Å². The number of rotatable bonds is 27. The van der Waals surface area contributed by atoms with Gasteiger partial charge in [0.15, 0.2) is 4.33 Å². The molecule has 0 aliphatic carbocycles. The van der Waals surface area contributed by atoms with Crippen LogP contribution in [0.25, 0.3) is 32.7 Å². The second kappa shape index (κ2) is 35.0. The second-order valence-electron chi connectivity index (χ2n) is 32.1. The fraction of sp³-hybridized carbons (Fsp3) is 0.506. The Morgan fingerprint density at radius 3 is 0.991 bits per heavy atom. The molecule has 0 radical (unpaired) electrons. The lowest BCUT2D eigenvalue weighted by atomic mass is 9.87. The van der Waals surface area contributed by atoms with E-state index in [-0.39, 0.29) is 79.2 Å². The number of fused-ring (bicyclic) bond motifs is 9. The van der Waals surface area contributed by atoms with Gasteiger partial charge in [-0.15, -0.1) is 11.6 Å². The normalized spacial score (nSPS) is 22.1. The van der Waals surface area contributed by atoms with Gasteiger partial charge in [-0.25, -0.2) is 30.7 Å². The number of hydrogen-bond donors (Lipinski definition) is 9. The molecule has 3 saturated heterocycles. The second-order valence-corrected chi connectivity index (χ2v) is 35.3. The molecule has 3 fully saturated rings. The van der Waals surface area contributed by atoms with Crippen molar-refractivity contribution < 1.29 is 46.1 Å². The number of unbranched alkanes of at least 4 members (excludes halogenated alkanes) is 3. The van der Waals surface area contributed by atoms with Crippen LogP contribution in [0.3, 0.4) is 0 Å². The van der Waals surface area contributed by atoms with Gasteiger partial charge in [-0.05, 0) is 157 Å². The van der Waals surface area contributed by atoms with Gasteiger partial charge in [0.25, 0.3) is 0 Å². The van der Waals surface area contributed by atoms with E-state index in [0.29, 0.717) is 42.0 Å². The van der Waals surface area contributed by atoms with E-state index in [9.17, 15) is 19.7 Å². The lowest BCUT2D eigenvalue weighted by molar-refractivity contribution is 0.0535. The van der Waals surface area contributed by atoms with Crippen LogP contribution in [0.15, 0.2) is 109 Å². The summed E-state index contributed by atoms with van der Waals surface area (Å²) >= 11 is 25.3. The van der Waals surface area contributed by atoms with E-state index in [1.165, 1.54) is 36.4 Å². The quantitative estimate of drug-likeness (QED) is 0.0177. The Morgan fingerprint density at radius 1 is 0.423 bits per heavy atom. The van der Waals surface area contributed by atoms with Gasteiger partial charge in [0.2, 0.25) is 5.13 Å². The van der Waals surface area contributed by atoms with Crippen molar-refractivity contribution >= 4 is 96.2 Å². The molecule has 6 aliphatic heterocycles. The zero-order chi connectivity index (χ0) is 79.0. The molecule has 0 unspecified atom stereocenters. The first kappa shape index (κ1) is 82.6. The molecule has 26 heteroatoms. The van der Waals surface area contributed by atoms with Gasteiger partial charge in [-0.1, -0.05) is 129 Å². The Labute approximate surface area is 666 Å². The molecule has 0 saturated carbocycles. The van der Waals surface area contributed by atoms with E-state index in [4.69, 9.17) is 46.4 Å². The molecule has 6 aromatic carbocycles. The number of nitrogens with one attached hydrogen (secondary N) is 6. The Kier molecular flexibility index (Phi) is 26.1. The highest BCUT2D eigenvalue weighted by Gasteiger charge is 2.47. The number of halogens is 11. The first-order chi connectivity index (χ1) is 53.1. The smallest absolute Gasteiger partial charge is 0.218 e. The van der Waals surface area contributed by atoms with Crippen molar-refractivity contribution in [3.05, 3.63) is 195 Å². The number of H-pyrrole nitrogens is 3. The van der Waals surface area contributed by atoms with Crippen molar-refractivity contribution in [3.8, 4) is 0 Å². The number of likely N-dealkylation sites (tertiary alicyclic amines) is 3. The molecule has 600 valence electrons. The van der Waals surface area contributed by atoms with Gasteiger partial charge in [0.1, 0.15) is 34.9 Å². The van der Waals surface area contributed by atoms with Crippen molar-refractivity contribution in [3.63, 3.8) is 0 Å². The number of aromatic nitrogens is 3. The van der Waals surface area contributed by atoms with Crippen LogP contribution >= 0.6 is 46.4 Å². The van der Waals surface area contributed by atoms with Crippen LogP contribution in [0.5, 0.6) is 0 Å². The monoisotopic (exact) mass is 1610 g/mol. The summed E-state index contributed by atoms with van der Waals surface area (Å²) in [5.41, 5.74) is 8.98. The number of para-hydroxylation sites is 3. The highest BCUT2D eigenvalue weighted by molar-refractivity contribution is 6.48. The van der Waals surface area contributed by atoms with Crippen LogP contribution in [0, 0.1) is 34.9 Å². The maximum absolute atomic E-state index is 15.9. The van der Waals surface area contributed by atoms with Gasteiger partial charge in [-0.3, -0.25) is 29.4 Å². The van der Waals surface area contributed by atoms with Crippen molar-refractivity contribution in [2.45, 2.75) is 175 Å². The standard InChI is InChI=1S/C29H37ClF2N4O.C28H34Cl2F2N4O.C28H34ClF3N4O/c1-4-5-10-35-14-20(15-35)33-19-12-23(31)26(24(32)13-19)28-27-22(21-8-6-7-9-25(21)34-27)11-18(2)36(28)16-29(3,30)17-37;1-3-4-9-35-13-19(14-35)33-18-11-22(31)25(23(32)12-18)27-26-21(20-7-5-6-8-24(20)34-26)10-17(2)36(27)15-28(29,30)16-37;1-3-4-9-35-13-19(14-35)33-18-11-22(30)25(23(31)12-18)27-26-21(20-7-5-6-8-24(20)34-26)10-17(2)36(27)15-28(29,32)16-37/h6-9,12-13,18,20,28,33-34,37H,4-5,10-11,14-17H2,1-3H3;2*5-8,11-12,17,19,27,33-34,37H,3-4,9-10,13-16H2,1-2H3/t18-,28-,29-;17-,27-;17-,27-,28-/m111/s1. The van der Waals surface area contributed by atoms with Crippen LogP contribution in [-0.2, 0) is 19.3 Å². The molecule has 9 heterocycles. The minimum absolute atomic E-state index is 0.00787. The predicted octanol–water partition coefficient (Wildman–Crippen LogP) is 17.1. The topological polar surface area (TPSA) is 164 Å². The number of alkyl halides is 5. The van der Waals surface area contributed by atoms with Gasteiger partial charge in [0.05, 0.1) is 67.5 Å². The summed E-state index contributed by atoms with van der Waals surface area (Å²) in [4.78, 5) is 21.8. The Bertz CT molecular complexity index is 4170. The summed E-state index contributed by atoms with van der Waals surface area (Å²) in [5.74, 6) is -3.84. The highest BCUT2D eigenvalue weighted by atomic mass is 35.5. The van der Waals surface area contributed by atoms with Crippen LogP contribution in [0.2, 0.25) is 0 Å². The van der Waals surface area contributed by atoms with E-state index >= 15 is 26.3 Å². The number of anilines is 3. The zero-order valence-corrected chi connectivity index (χ0v) is 67.3. The van der Waals surface area contributed by atoms with Crippen LogP contribution in [0.4, 0.5) is 47.8 Å². The molecule has 3 aromatic heterocycles. The lowest BCUT2D eigenvalue weighted by Gasteiger charge is -2.44. The minimum Gasteiger partial charge on any atom is -0.395 e. The summed E-state index contributed by atoms with van der Waals surface area (Å²) < 4.78 is 108. The zero-order valence-electron chi connectivity index (χ0n) is 64.2. The molecule has 15 nitrogen and oxygen atoms in total. The molecule has 0 spiro atoms. The average Bonchev–Trinajstić information content (AvgIpc) is 1.66. The molecular formula is C85H105Cl4F7N12O3. The summed E-state index contributed by atoms with van der Waals surface area (Å²) in [6.07, 6.45) is 8.80. The third-order valence-corrected chi connectivity index (χ3v) is 24.2. The molecule has 0 bridgehead atoms. The molecule has 15 rings (SSSR count). The van der Waals surface area contributed by atoms with Crippen molar-refractivity contribution in [2.24, 2.45) is 0 Å². The van der Waals surface area contributed by atoms with Crippen molar-refractivity contribution in [1.29, 1.82) is 0 Å². The number of aliphatic hydroxyl groups excluding tert-OH is 3. The van der Waals surface area contributed by atoms with Crippen molar-refractivity contribution in [1.82, 2.24) is 44.4 Å². The Balaban J connectivity index is 0.000000146. The number of aliphatic hydroxyl groups is 3. The van der Waals surface area contributed by atoms with E-state index in [2.05, 4.69) is 73.3 Å². The third-order valence-electron chi connectivity index (χ3n) is 23.2. The van der Waals surface area contributed by atoms with E-state index < -0.39 is 80.6 Å². The number of hydrogen-bond acceptors (Lipinski definition) is 12. The average molecular weight is 1620 g/mol. The number of nitrogens with zero attached hydrogens (tertiary/aromatic N) is 6. The summed E-state index contributed by atoms with van der Waals surface area (Å²) in [6.45, 7) is 20.8. The van der Waals surface area contributed by atoms with E-state index in [1.807, 2.05) is 96.4 Å². The molecule has 0 amide bonds. The third kappa shape index (κ3) is 18.2. The van der Waals surface area contributed by atoms with Crippen LogP contribution in [0.1, 0.15) is 156 Å². The van der Waals surface area contributed by atoms with Gasteiger partial charge in [-0.2, -0.15) is 0 Å². The van der Waals surface area contributed by atoms with Crippen LogP contribution in [-0.4, -0.2) is 209 Å². The molecule has 111 heavy (non-hydrogen) atoms. The minimum atomic E-state index is -2.45. The maximum atomic E-state index is 15.9. The predicted molar refractivity (Wildman–Crippen MR) is 435 cm³/mol. The summed E-state index contributed by atoms with van der Waals surface area (Å²) in [6, 6.07) is 29.4. The first-order valence-corrected chi connectivity index (χ1v) is 40.9. The van der Waals surface area contributed by atoms with Crippen LogP contribution < -0.4 is 16.0 Å². The fourth-order valence-corrected chi connectivity index (χ4v) is 18.0. The molecule has 9 N–H and O–H groups in total. The van der Waals surface area contributed by atoms with Crippen molar-refractivity contribution in [2.75, 3.05) is 114 Å². The highest BCUT2D eigenvalue weighted by Crippen LogP contribution is 2.49. The van der Waals surface area contributed by atoms with Gasteiger partial charge in [0, 0.05) is 154 Å². The SMILES string of the molecule is CCCCN1CC(Nc2cc(F)c([C@@H]3c4[nH]c5ccccc5c4C[C@@H](C)N3CC(Cl)(Cl)CO)c(F)c2)C1.CCCCN1CC(Nc2cc(F)c([C@@H]3c4[nH]c5ccccc5c4C[C@@H](C)N3C[C@@](C)(Cl)CO)c(F)c2)C1.CCCCN1CC(Nc2cc(F)c([C@@H]3c4[nH]c5ccccc5c4C[C@@H](C)N3C[C@](F)(Cl)CO)c(F)c2)C1. The summed E-state index contributed by atoms with van der Waals surface area (Å²) in [5, 5.41) is 39.6. The van der Waals surface area contributed by atoms with E-state index in [1.54, 1.807) is 11.8 Å². The maximum Gasteiger partial charge on any atom is 0.218 e. The Morgan fingerprint density at radius 2 is 0.712 bits per heavy atom. The van der Waals surface area contributed by atoms with E-state index in [0.717, 1.165) is 158 Å². The van der Waals surface area contributed by atoms with Gasteiger partial charge >= 0.3 is 0 Å². The first-order valence-electron chi connectivity index (χ1n) is 39.4. The lowest BCUT2D eigenvalue weighted by Crippen LogP contribution is -2.54. The fourth-order valence-electron chi connectivity index (χ4n) is 17.4. The Hall–Kier alpha value is -6.35. The largest absolute Gasteiger partial charge is 0.395 e. The molecule has 9 aromatic rings. The number of benzene rings is 6. The molecule has 6 aliphatic rings. The molecule has 8 atom stereocenters. The summed E-state index contributed by atoms with van der Waals surface area (Å²) in [7, 11) is 0. The molecular weight excluding hydrogens is 1510 g/mol.